The lowest BCUT2D eigenvalue weighted by atomic mass is 10.1. The fourth-order valence-corrected chi connectivity index (χ4v) is 2.32. The van der Waals surface area contributed by atoms with Gasteiger partial charge in [0, 0.05) is 31.4 Å². The van der Waals surface area contributed by atoms with E-state index in [-0.39, 0.29) is 0 Å². The molecule has 2 aromatic rings. The number of nitrogens with two attached hydrogens (primary N) is 1. The van der Waals surface area contributed by atoms with Gasteiger partial charge >= 0.3 is 0 Å². The van der Waals surface area contributed by atoms with E-state index in [4.69, 9.17) is 19.6 Å². The molecule has 21 heavy (non-hydrogen) atoms. The number of nitrogen functional groups attached to an aromatic ring is 1. The Morgan fingerprint density at radius 2 is 2.14 bits per heavy atom. The molecule has 6 heteroatoms. The summed E-state index contributed by atoms with van der Waals surface area (Å²) in [5, 5.41) is 0. The van der Waals surface area contributed by atoms with E-state index in [9.17, 15) is 0 Å². The van der Waals surface area contributed by atoms with Crippen LogP contribution in [-0.4, -0.2) is 49.3 Å². The molecule has 112 valence electrons. The van der Waals surface area contributed by atoms with E-state index in [0.717, 1.165) is 44.2 Å². The van der Waals surface area contributed by atoms with Crippen LogP contribution in [0.25, 0.3) is 11.3 Å². The van der Waals surface area contributed by atoms with Crippen LogP contribution in [0, 0.1) is 0 Å². The molecule has 1 aliphatic rings. The summed E-state index contributed by atoms with van der Waals surface area (Å²) in [5.41, 5.74) is 7.37. The van der Waals surface area contributed by atoms with Gasteiger partial charge in [-0.25, -0.2) is 4.98 Å². The third-order valence-electron chi connectivity index (χ3n) is 3.47. The van der Waals surface area contributed by atoms with Crippen molar-refractivity contribution in [2.75, 3.05) is 45.2 Å². The first-order valence-corrected chi connectivity index (χ1v) is 7.04. The van der Waals surface area contributed by atoms with Crippen LogP contribution in [-0.2, 0) is 4.74 Å². The second kappa shape index (κ2) is 6.60. The number of nitrogens with zero attached hydrogens (tertiary/aromatic N) is 2. The second-order valence-corrected chi connectivity index (χ2v) is 4.92. The van der Waals surface area contributed by atoms with E-state index >= 15 is 0 Å². The molecule has 0 amide bonds. The zero-order valence-electron chi connectivity index (χ0n) is 11.8. The summed E-state index contributed by atoms with van der Waals surface area (Å²) in [7, 11) is 0. The van der Waals surface area contributed by atoms with Crippen molar-refractivity contribution < 1.29 is 13.9 Å². The summed E-state index contributed by atoms with van der Waals surface area (Å²) in [6.45, 7) is 4.96. The van der Waals surface area contributed by atoms with Gasteiger partial charge in [0.2, 0.25) is 0 Å². The van der Waals surface area contributed by atoms with Gasteiger partial charge in [-0.1, -0.05) is 0 Å². The average Bonchev–Trinajstić information content (AvgIpc) is 3.03. The van der Waals surface area contributed by atoms with E-state index in [1.807, 2.05) is 18.2 Å². The van der Waals surface area contributed by atoms with Crippen LogP contribution in [0.1, 0.15) is 0 Å². The minimum atomic E-state index is 0.602. The lowest BCUT2D eigenvalue weighted by molar-refractivity contribution is 0.0323. The SMILES string of the molecule is Nc1ccc(-c2cnco2)c(OCCN2CCOCC2)c1. The molecular weight excluding hydrogens is 270 g/mol. The first-order valence-electron chi connectivity index (χ1n) is 7.04. The molecule has 6 nitrogen and oxygen atoms in total. The number of hydrogen-bond donors (Lipinski definition) is 1. The fraction of sp³-hybridized carbons (Fsp3) is 0.400. The minimum Gasteiger partial charge on any atom is -0.491 e. The topological polar surface area (TPSA) is 73.8 Å². The van der Waals surface area contributed by atoms with Gasteiger partial charge < -0.3 is 19.6 Å². The van der Waals surface area contributed by atoms with Crippen LogP contribution in [0.3, 0.4) is 0 Å². The standard InChI is InChI=1S/C15H19N3O3/c16-12-1-2-13(15-10-17-11-21-15)14(9-12)20-8-5-18-3-6-19-7-4-18/h1-2,9-11H,3-8,16H2. The molecule has 0 bridgehead atoms. The highest BCUT2D eigenvalue weighted by Crippen LogP contribution is 2.31. The van der Waals surface area contributed by atoms with Crippen molar-refractivity contribution in [2.45, 2.75) is 0 Å². The smallest absolute Gasteiger partial charge is 0.181 e. The number of benzene rings is 1. The van der Waals surface area contributed by atoms with Crippen LogP contribution in [0.4, 0.5) is 5.69 Å². The highest BCUT2D eigenvalue weighted by atomic mass is 16.5. The quantitative estimate of drug-likeness (QED) is 0.843. The summed E-state index contributed by atoms with van der Waals surface area (Å²) >= 11 is 0. The van der Waals surface area contributed by atoms with E-state index in [1.165, 1.54) is 6.39 Å². The molecule has 0 saturated carbocycles. The van der Waals surface area contributed by atoms with Crippen LogP contribution < -0.4 is 10.5 Å². The summed E-state index contributed by atoms with van der Waals surface area (Å²) in [5.74, 6) is 1.40. The Bertz CT molecular complexity index is 566. The Morgan fingerprint density at radius 3 is 2.90 bits per heavy atom. The maximum Gasteiger partial charge on any atom is 0.181 e. The highest BCUT2D eigenvalue weighted by molar-refractivity contribution is 5.68. The third-order valence-corrected chi connectivity index (χ3v) is 3.47. The molecule has 1 aromatic heterocycles. The second-order valence-electron chi connectivity index (χ2n) is 4.92. The highest BCUT2D eigenvalue weighted by Gasteiger charge is 2.12. The van der Waals surface area contributed by atoms with Gasteiger partial charge in [-0.3, -0.25) is 4.90 Å². The largest absolute Gasteiger partial charge is 0.491 e. The molecule has 0 unspecified atom stereocenters. The zero-order valence-corrected chi connectivity index (χ0v) is 11.8. The molecule has 1 saturated heterocycles. The Labute approximate surface area is 123 Å². The Balaban J connectivity index is 1.65. The monoisotopic (exact) mass is 289 g/mol. The predicted octanol–water partition coefficient (Wildman–Crippen LogP) is 1.63. The van der Waals surface area contributed by atoms with Gasteiger partial charge in [0.25, 0.3) is 0 Å². The summed E-state index contributed by atoms with van der Waals surface area (Å²) in [4.78, 5) is 6.26. The van der Waals surface area contributed by atoms with Crippen LogP contribution in [0.2, 0.25) is 0 Å². The third kappa shape index (κ3) is 3.53. The lowest BCUT2D eigenvalue weighted by Gasteiger charge is -2.26. The van der Waals surface area contributed by atoms with Crippen molar-refractivity contribution in [1.82, 2.24) is 9.88 Å². The molecule has 1 fully saturated rings. The first-order chi connectivity index (χ1) is 10.3. The molecule has 0 atom stereocenters. The molecule has 0 spiro atoms. The van der Waals surface area contributed by atoms with Crippen molar-refractivity contribution >= 4 is 5.69 Å². The Hall–Kier alpha value is -2.05. The number of rotatable bonds is 5. The number of aromatic nitrogens is 1. The van der Waals surface area contributed by atoms with Crippen molar-refractivity contribution in [3.8, 4) is 17.1 Å². The number of ether oxygens (including phenoxy) is 2. The zero-order chi connectivity index (χ0) is 14.5. The summed E-state index contributed by atoms with van der Waals surface area (Å²) < 4.78 is 16.6. The van der Waals surface area contributed by atoms with Crippen LogP contribution in [0.5, 0.6) is 5.75 Å². The van der Waals surface area contributed by atoms with Crippen molar-refractivity contribution in [2.24, 2.45) is 0 Å². The van der Waals surface area contributed by atoms with Gasteiger partial charge in [-0.15, -0.1) is 0 Å². The summed E-state index contributed by atoms with van der Waals surface area (Å²) in [6, 6.07) is 5.53. The first kappa shape index (κ1) is 13.9. The maximum atomic E-state index is 5.89. The molecule has 1 aliphatic heterocycles. The number of hydrogen-bond acceptors (Lipinski definition) is 6. The fourth-order valence-electron chi connectivity index (χ4n) is 2.32. The number of morpholine rings is 1. The van der Waals surface area contributed by atoms with Crippen LogP contribution >= 0.6 is 0 Å². The van der Waals surface area contributed by atoms with Gasteiger partial charge in [-0.2, -0.15) is 0 Å². The Kier molecular flexibility index (Phi) is 4.37. The maximum absolute atomic E-state index is 5.89. The number of anilines is 1. The van der Waals surface area contributed by atoms with E-state index in [0.29, 0.717) is 18.1 Å². The minimum absolute atomic E-state index is 0.602. The van der Waals surface area contributed by atoms with Crippen molar-refractivity contribution in [3.63, 3.8) is 0 Å². The van der Waals surface area contributed by atoms with Gasteiger partial charge in [0.15, 0.2) is 12.2 Å². The average molecular weight is 289 g/mol. The molecule has 2 heterocycles. The predicted molar refractivity (Wildman–Crippen MR) is 79.1 cm³/mol. The number of oxazole rings is 1. The van der Waals surface area contributed by atoms with E-state index < -0.39 is 0 Å². The van der Waals surface area contributed by atoms with E-state index in [2.05, 4.69) is 9.88 Å². The molecule has 1 aromatic carbocycles. The lowest BCUT2D eigenvalue weighted by Crippen LogP contribution is -2.38. The normalized spacial score (nSPS) is 16.0. The van der Waals surface area contributed by atoms with Crippen molar-refractivity contribution in [3.05, 3.63) is 30.8 Å². The molecular formula is C15H19N3O3. The van der Waals surface area contributed by atoms with Gasteiger partial charge in [0.1, 0.15) is 12.4 Å². The molecule has 0 aliphatic carbocycles. The molecule has 2 N–H and O–H groups in total. The van der Waals surface area contributed by atoms with E-state index in [1.54, 1.807) is 6.20 Å². The van der Waals surface area contributed by atoms with Gasteiger partial charge in [-0.05, 0) is 12.1 Å². The van der Waals surface area contributed by atoms with Gasteiger partial charge in [0.05, 0.1) is 25.0 Å². The Morgan fingerprint density at radius 1 is 1.29 bits per heavy atom. The summed E-state index contributed by atoms with van der Waals surface area (Å²) in [6.07, 6.45) is 3.07. The van der Waals surface area contributed by atoms with Crippen LogP contribution in [0.15, 0.2) is 35.2 Å². The molecule has 0 radical (unpaired) electrons. The molecule has 3 rings (SSSR count). The van der Waals surface area contributed by atoms with Crippen molar-refractivity contribution in [1.29, 1.82) is 0 Å².